The number of anilines is 1. The Kier molecular flexibility index (Phi) is 3.53. The molecule has 12 heteroatoms. The zero-order valence-corrected chi connectivity index (χ0v) is 14.3. The van der Waals surface area contributed by atoms with Crippen LogP contribution in [-0.2, 0) is 4.57 Å². The molecule has 2 aliphatic carbocycles. The van der Waals surface area contributed by atoms with E-state index in [1.54, 1.807) is 4.57 Å². The molecular formula is C13H15ClN5O5P. The molecule has 2 aromatic rings. The summed E-state index contributed by atoms with van der Waals surface area (Å²) in [6.07, 6.45) is 0.889. The van der Waals surface area contributed by atoms with Crippen molar-refractivity contribution in [3.63, 3.8) is 0 Å². The third-order valence-corrected chi connectivity index (χ3v) is 5.77. The predicted octanol–water partition coefficient (Wildman–Crippen LogP) is 0.0361. The summed E-state index contributed by atoms with van der Waals surface area (Å²) in [5.74, 6) is 0.645. The number of nitrogens with zero attached hydrogens (tertiary/aromatic N) is 4. The highest BCUT2D eigenvalue weighted by atomic mass is 35.5. The van der Waals surface area contributed by atoms with E-state index in [2.05, 4.69) is 15.0 Å². The number of hydrogen-bond donors (Lipinski definition) is 5. The van der Waals surface area contributed by atoms with Crippen molar-refractivity contribution in [3.8, 4) is 0 Å². The van der Waals surface area contributed by atoms with E-state index in [-0.39, 0.29) is 17.0 Å². The Morgan fingerprint density at radius 2 is 2.12 bits per heavy atom. The van der Waals surface area contributed by atoms with Gasteiger partial charge in [0.15, 0.2) is 11.5 Å². The smallest absolute Gasteiger partial charge is 0.348 e. The van der Waals surface area contributed by atoms with Crippen LogP contribution in [0.1, 0.15) is 12.5 Å². The van der Waals surface area contributed by atoms with Crippen LogP contribution in [0.4, 0.5) is 5.82 Å². The zero-order valence-electron chi connectivity index (χ0n) is 12.6. The maximum Gasteiger partial charge on any atom is 0.348 e. The summed E-state index contributed by atoms with van der Waals surface area (Å²) in [5, 5.41) is 20.9. The van der Waals surface area contributed by atoms with Crippen molar-refractivity contribution in [2.45, 2.75) is 24.7 Å². The zero-order chi connectivity index (χ0) is 18.1. The summed E-state index contributed by atoms with van der Waals surface area (Å²) in [4.78, 5) is 30.1. The van der Waals surface area contributed by atoms with E-state index in [1.165, 1.54) is 12.4 Å². The highest BCUT2D eigenvalue weighted by molar-refractivity contribution is 7.55. The first kappa shape index (κ1) is 16.9. The third kappa shape index (κ3) is 2.49. The minimum Gasteiger partial charge on any atom is -0.389 e. The van der Waals surface area contributed by atoms with Crippen molar-refractivity contribution in [1.82, 2.24) is 19.5 Å². The van der Waals surface area contributed by atoms with Crippen molar-refractivity contribution in [3.05, 3.63) is 23.5 Å². The van der Waals surface area contributed by atoms with Crippen molar-refractivity contribution in [2.75, 3.05) is 5.73 Å². The second kappa shape index (κ2) is 5.23. The normalized spacial score (nSPS) is 34.8. The van der Waals surface area contributed by atoms with Crippen molar-refractivity contribution >= 4 is 36.2 Å². The van der Waals surface area contributed by atoms with E-state index in [4.69, 9.17) is 27.1 Å². The van der Waals surface area contributed by atoms with E-state index in [9.17, 15) is 14.8 Å². The number of rotatable bonds is 3. The molecule has 0 radical (unpaired) electrons. The number of aliphatic hydroxyl groups is 2. The van der Waals surface area contributed by atoms with Gasteiger partial charge in [0.1, 0.15) is 11.6 Å². The number of aliphatic hydroxyl groups excluding tert-OH is 2. The Morgan fingerprint density at radius 1 is 1.40 bits per heavy atom. The van der Waals surface area contributed by atoms with Crippen LogP contribution in [0.5, 0.6) is 0 Å². The molecule has 10 nitrogen and oxygen atoms in total. The molecule has 0 aromatic carbocycles. The highest BCUT2D eigenvalue weighted by Crippen LogP contribution is 2.69. The molecule has 2 aliphatic rings. The number of halogens is 1. The lowest BCUT2D eigenvalue weighted by atomic mass is 10.00. The number of imidazole rings is 1. The molecule has 2 fully saturated rings. The first-order chi connectivity index (χ1) is 11.6. The molecular weight excluding hydrogens is 373 g/mol. The second-order valence-electron chi connectivity index (χ2n) is 6.46. The van der Waals surface area contributed by atoms with Crippen molar-refractivity contribution in [1.29, 1.82) is 0 Å². The molecule has 2 aromatic heterocycles. The summed E-state index contributed by atoms with van der Waals surface area (Å²) in [6.45, 7) is 0. The Balaban J connectivity index is 1.76. The summed E-state index contributed by atoms with van der Waals surface area (Å²) in [5.41, 5.74) is 5.55. The lowest BCUT2D eigenvalue weighted by molar-refractivity contribution is -0.00808. The van der Waals surface area contributed by atoms with Crippen LogP contribution in [0.3, 0.4) is 0 Å². The van der Waals surface area contributed by atoms with Crippen LogP contribution < -0.4 is 5.73 Å². The maximum absolute atomic E-state index is 11.1. The van der Waals surface area contributed by atoms with Crippen LogP contribution in [-0.4, -0.2) is 51.7 Å². The molecule has 0 bridgehead atoms. The highest BCUT2D eigenvalue weighted by Gasteiger charge is 2.70. The molecule has 0 amide bonds. The summed E-state index contributed by atoms with van der Waals surface area (Å²) >= 11 is 5.85. The predicted molar refractivity (Wildman–Crippen MR) is 87.5 cm³/mol. The number of aromatic nitrogens is 4. The van der Waals surface area contributed by atoms with Gasteiger partial charge in [-0.2, -0.15) is 9.97 Å². The van der Waals surface area contributed by atoms with Gasteiger partial charge < -0.3 is 30.3 Å². The van der Waals surface area contributed by atoms with Crippen LogP contribution >= 0.6 is 19.2 Å². The fourth-order valence-electron chi connectivity index (χ4n) is 3.86. The number of fused-ring (bicyclic) bond motifs is 2. The summed E-state index contributed by atoms with van der Waals surface area (Å²) in [6, 6.07) is -0.577. The van der Waals surface area contributed by atoms with Gasteiger partial charge in [0.25, 0.3) is 0 Å². The molecule has 2 saturated carbocycles. The molecule has 0 aliphatic heterocycles. The second-order valence-corrected chi connectivity index (χ2v) is 8.27. The van der Waals surface area contributed by atoms with Gasteiger partial charge in [-0.1, -0.05) is 6.08 Å². The minimum atomic E-state index is -4.36. The number of nitrogens with two attached hydrogens (primary N) is 1. The largest absolute Gasteiger partial charge is 0.389 e. The molecule has 134 valence electrons. The van der Waals surface area contributed by atoms with Crippen molar-refractivity contribution in [2.24, 2.45) is 11.3 Å². The lowest BCUT2D eigenvalue weighted by Gasteiger charge is -2.23. The van der Waals surface area contributed by atoms with Gasteiger partial charge in [-0.3, -0.25) is 4.57 Å². The SMILES string of the molecule is Nc1nc(Cl)nc2c1ncn2[C@H]1[C@H](O)[C@H](O)C2(/C=C/P(=O)(O)O)C[C@H]12. The van der Waals surface area contributed by atoms with E-state index >= 15 is 0 Å². The monoisotopic (exact) mass is 387 g/mol. The van der Waals surface area contributed by atoms with Gasteiger partial charge in [-0.05, 0) is 23.9 Å². The van der Waals surface area contributed by atoms with Crippen LogP contribution in [0.25, 0.3) is 11.2 Å². The van der Waals surface area contributed by atoms with Crippen molar-refractivity contribution < 1.29 is 24.6 Å². The lowest BCUT2D eigenvalue weighted by Crippen LogP contribution is -2.33. The molecule has 25 heavy (non-hydrogen) atoms. The molecule has 5 atom stereocenters. The Labute approximate surface area is 146 Å². The Bertz CT molecular complexity index is 944. The first-order valence-electron chi connectivity index (χ1n) is 7.41. The summed E-state index contributed by atoms with van der Waals surface area (Å²) in [7, 11) is -4.36. The quantitative estimate of drug-likeness (QED) is 0.360. The van der Waals surface area contributed by atoms with Gasteiger partial charge in [0.2, 0.25) is 5.28 Å². The summed E-state index contributed by atoms with van der Waals surface area (Å²) < 4.78 is 12.7. The molecule has 0 saturated heterocycles. The number of hydrogen-bond acceptors (Lipinski definition) is 7. The van der Waals surface area contributed by atoms with E-state index < -0.39 is 31.3 Å². The standard InChI is InChI=1S/C13H15ClN5O5P/c14-12-17-10(15)6-11(18-12)19(4-16-6)7-5-3-13(5,9(21)8(7)20)1-2-25(22,23)24/h1-2,4-5,7-9,20-21H,3H2,(H2,15,17,18)(H2,22,23,24)/b2-1+/t5-,7-,8+,9+,13?/m1/s1. The minimum absolute atomic E-state index is 0.0664. The van der Waals surface area contributed by atoms with Gasteiger partial charge in [0.05, 0.1) is 18.5 Å². The van der Waals surface area contributed by atoms with E-state index in [1.807, 2.05) is 0 Å². The Morgan fingerprint density at radius 3 is 2.80 bits per heavy atom. The molecule has 6 N–H and O–H groups in total. The first-order valence-corrected chi connectivity index (χ1v) is 9.47. The van der Waals surface area contributed by atoms with E-state index in [0.29, 0.717) is 17.6 Å². The average molecular weight is 388 g/mol. The topological polar surface area (TPSA) is 168 Å². The van der Waals surface area contributed by atoms with Crippen LogP contribution in [0.2, 0.25) is 5.28 Å². The average Bonchev–Trinajstić information content (AvgIpc) is 3.01. The van der Waals surface area contributed by atoms with Gasteiger partial charge in [0, 0.05) is 11.2 Å². The molecule has 4 rings (SSSR count). The van der Waals surface area contributed by atoms with Crippen LogP contribution in [0.15, 0.2) is 18.2 Å². The number of nitrogen functional groups attached to an aromatic ring is 1. The molecule has 2 heterocycles. The van der Waals surface area contributed by atoms with Gasteiger partial charge >= 0.3 is 7.60 Å². The third-order valence-electron chi connectivity index (χ3n) is 5.06. The molecule has 0 spiro atoms. The fraction of sp³-hybridized carbons (Fsp3) is 0.462. The van der Waals surface area contributed by atoms with Gasteiger partial charge in [-0.15, -0.1) is 0 Å². The van der Waals surface area contributed by atoms with E-state index in [0.717, 1.165) is 5.82 Å². The van der Waals surface area contributed by atoms with Crippen LogP contribution in [0, 0.1) is 11.3 Å². The Hall–Kier alpha value is -1.55. The molecule has 1 unspecified atom stereocenters. The van der Waals surface area contributed by atoms with Gasteiger partial charge in [-0.25, -0.2) is 4.98 Å². The maximum atomic E-state index is 11.1. The fourth-order valence-corrected chi connectivity index (χ4v) is 4.50.